The molecule has 16 nitrogen and oxygen atoms in total. The van der Waals surface area contributed by atoms with Gasteiger partial charge in [0.1, 0.15) is 36.1 Å². The number of imidazole rings is 2. The van der Waals surface area contributed by atoms with Crippen molar-refractivity contribution in [1.82, 2.24) is 19.1 Å². The summed E-state index contributed by atoms with van der Waals surface area (Å²) in [4.78, 5) is 30.7. The molecule has 2 saturated heterocycles. The smallest absolute Gasteiger partial charge is 0.271 e. The average Bonchev–Trinajstić information content (AvgIpc) is 3.67. The van der Waals surface area contributed by atoms with Crippen molar-refractivity contribution >= 4 is 33.4 Å². The Bertz CT molecular complexity index is 2090. The Balaban J connectivity index is 1.00. The fourth-order valence-corrected chi connectivity index (χ4v) is 7.33. The quantitative estimate of drug-likeness (QED) is 0.0624. The molecule has 7 rings (SSSR count). The highest BCUT2D eigenvalue weighted by molar-refractivity contribution is 5.79. The Labute approximate surface area is 311 Å². The summed E-state index contributed by atoms with van der Waals surface area (Å²) < 4.78 is 42.1. The lowest BCUT2D eigenvalue weighted by atomic mass is 9.97. The van der Waals surface area contributed by atoms with Crippen LogP contribution >= 0.6 is 0 Å². The zero-order chi connectivity index (χ0) is 37.8. The first-order valence-corrected chi connectivity index (χ1v) is 18.2. The van der Waals surface area contributed by atoms with E-state index in [-0.39, 0.29) is 11.4 Å². The number of aryl methyl sites for hydroxylation is 4. The maximum absolute atomic E-state index is 11.3. The van der Waals surface area contributed by atoms with E-state index in [0.29, 0.717) is 43.9 Å². The molecule has 4 heterocycles. The van der Waals surface area contributed by atoms with Gasteiger partial charge < -0.3 is 37.6 Å². The summed E-state index contributed by atoms with van der Waals surface area (Å²) in [5.41, 5.74) is 3.83. The fourth-order valence-electron chi connectivity index (χ4n) is 7.33. The summed E-state index contributed by atoms with van der Waals surface area (Å²) >= 11 is 0. The van der Waals surface area contributed by atoms with Crippen LogP contribution < -0.4 is 0 Å². The van der Waals surface area contributed by atoms with Crippen molar-refractivity contribution in [1.29, 1.82) is 0 Å². The van der Waals surface area contributed by atoms with Crippen LogP contribution in [0.4, 0.5) is 11.4 Å². The molecular weight excluding hydrogens is 700 g/mol. The largest absolute Gasteiger partial charge is 0.372 e. The second-order valence-electron chi connectivity index (χ2n) is 13.5. The van der Waals surface area contributed by atoms with Crippen LogP contribution in [0.15, 0.2) is 66.7 Å². The monoisotopic (exact) mass is 744 g/mol. The van der Waals surface area contributed by atoms with Crippen molar-refractivity contribution in [3.05, 3.63) is 104 Å². The molecule has 54 heavy (non-hydrogen) atoms. The van der Waals surface area contributed by atoms with Gasteiger partial charge in [-0.3, -0.25) is 20.2 Å². The number of nitrogens with zero attached hydrogens (tertiary/aromatic N) is 6. The molecule has 2 aliphatic rings. The van der Waals surface area contributed by atoms with Gasteiger partial charge in [0.05, 0.1) is 38.5 Å². The minimum absolute atomic E-state index is 0.0162. The summed E-state index contributed by atoms with van der Waals surface area (Å²) in [5.74, 6) is 1.58. The highest BCUT2D eigenvalue weighted by atomic mass is 16.8. The van der Waals surface area contributed by atoms with Crippen molar-refractivity contribution in [3.63, 3.8) is 0 Å². The van der Waals surface area contributed by atoms with Gasteiger partial charge in [0, 0.05) is 63.2 Å². The number of methoxy groups -OCH3 is 1. The van der Waals surface area contributed by atoms with E-state index in [9.17, 15) is 20.2 Å². The van der Waals surface area contributed by atoms with Gasteiger partial charge in [-0.1, -0.05) is 30.3 Å². The van der Waals surface area contributed by atoms with E-state index < -0.39 is 46.8 Å². The number of benzene rings is 3. The molecule has 0 spiro atoms. The first kappa shape index (κ1) is 37.5. The number of non-ortho nitro benzene ring substituents is 2. The third-order valence-corrected chi connectivity index (χ3v) is 10.0. The van der Waals surface area contributed by atoms with Crippen LogP contribution in [0.5, 0.6) is 0 Å². The van der Waals surface area contributed by atoms with Crippen molar-refractivity contribution < 1.29 is 38.3 Å². The van der Waals surface area contributed by atoms with Gasteiger partial charge in [-0.2, -0.15) is 0 Å². The number of fused-ring (bicyclic) bond motifs is 3. The summed E-state index contributed by atoms with van der Waals surface area (Å²) in [6.07, 6.45) is -0.316. The van der Waals surface area contributed by atoms with Gasteiger partial charge in [-0.05, 0) is 51.7 Å². The molecule has 0 aliphatic carbocycles. The molecule has 0 radical (unpaired) electrons. The van der Waals surface area contributed by atoms with Crippen LogP contribution in [0.2, 0.25) is 0 Å². The molecule has 3 aromatic carbocycles. The van der Waals surface area contributed by atoms with Crippen molar-refractivity contribution in [2.45, 2.75) is 89.6 Å². The molecule has 0 N–H and O–H groups in total. The minimum atomic E-state index is -0.712. The van der Waals surface area contributed by atoms with Crippen molar-refractivity contribution in [2.24, 2.45) is 0 Å². The lowest BCUT2D eigenvalue weighted by Crippen LogP contribution is -2.63. The van der Waals surface area contributed by atoms with Crippen LogP contribution in [0.1, 0.15) is 49.2 Å². The molecule has 2 fully saturated rings. The molecule has 1 unspecified atom stereocenters. The molecular formula is C38H44N6O10. The number of nitro groups is 2. The van der Waals surface area contributed by atoms with E-state index >= 15 is 0 Å². The number of rotatable bonds is 16. The van der Waals surface area contributed by atoms with E-state index in [2.05, 4.69) is 19.1 Å². The van der Waals surface area contributed by atoms with E-state index in [0.717, 1.165) is 53.9 Å². The van der Waals surface area contributed by atoms with E-state index in [1.807, 2.05) is 44.2 Å². The predicted molar refractivity (Wildman–Crippen MR) is 196 cm³/mol. The first-order valence-electron chi connectivity index (χ1n) is 18.2. The number of hydrogen-bond acceptors (Lipinski definition) is 12. The molecule has 5 aromatic rings. The van der Waals surface area contributed by atoms with Crippen LogP contribution in [-0.4, -0.2) is 86.6 Å². The molecule has 2 aliphatic heterocycles. The topological polar surface area (TPSA) is 177 Å². The van der Waals surface area contributed by atoms with E-state index in [1.165, 1.54) is 24.3 Å². The second-order valence-corrected chi connectivity index (χ2v) is 13.5. The second kappa shape index (κ2) is 16.7. The van der Waals surface area contributed by atoms with E-state index in [4.69, 9.17) is 28.4 Å². The zero-order valence-corrected chi connectivity index (χ0v) is 30.4. The third kappa shape index (κ3) is 7.99. The SMILES string of the molecule is CO[C@H]1O[C@@H]2COC(c3ccccc3)O[C@H]2[C@H](OCCCCn2c(C)nc3cc([N+](=O)[O-])ccc32)[C@H]1OCCCCn1c(C)nc2cc([N+](=O)[O-])ccc21. The van der Waals surface area contributed by atoms with Crippen molar-refractivity contribution in [3.8, 4) is 0 Å². The average molecular weight is 745 g/mol. The number of aromatic nitrogens is 4. The zero-order valence-electron chi connectivity index (χ0n) is 30.4. The maximum Gasteiger partial charge on any atom is 0.271 e. The lowest BCUT2D eigenvalue weighted by Gasteiger charge is -2.48. The highest BCUT2D eigenvalue weighted by Gasteiger charge is 2.51. The Morgan fingerprint density at radius 2 is 1.31 bits per heavy atom. The minimum Gasteiger partial charge on any atom is -0.372 e. The van der Waals surface area contributed by atoms with Crippen LogP contribution in [0.25, 0.3) is 22.1 Å². The summed E-state index contributed by atoms with van der Waals surface area (Å²) in [6, 6.07) is 19.2. The Morgan fingerprint density at radius 3 is 1.85 bits per heavy atom. The van der Waals surface area contributed by atoms with Gasteiger partial charge in [0.2, 0.25) is 0 Å². The lowest BCUT2D eigenvalue weighted by molar-refractivity contribution is -0.384. The Morgan fingerprint density at radius 1 is 0.759 bits per heavy atom. The van der Waals surface area contributed by atoms with Gasteiger partial charge in [0.15, 0.2) is 12.6 Å². The van der Waals surface area contributed by atoms with E-state index in [1.54, 1.807) is 19.2 Å². The predicted octanol–water partition coefficient (Wildman–Crippen LogP) is 6.34. The van der Waals surface area contributed by atoms with Crippen LogP contribution in [-0.2, 0) is 41.5 Å². The summed E-state index contributed by atoms with van der Waals surface area (Å²) in [7, 11) is 1.58. The molecule has 2 aromatic heterocycles. The molecule has 0 saturated carbocycles. The number of unbranched alkanes of at least 4 members (excludes halogenated alkanes) is 2. The van der Waals surface area contributed by atoms with Crippen LogP contribution in [0.3, 0.4) is 0 Å². The standard InChI is InChI=1S/C38H44N6O10/c1-24-39-29-21-27(43(45)46)13-15-31(29)41(24)17-7-9-19-50-35-34-33(23-52-37(54-34)26-11-5-4-6-12-26)53-38(49-3)36(35)51-20-10-8-18-42-25(2)40-30-22-28(44(47)48)14-16-32(30)42/h4-6,11-16,21-22,33-38H,7-10,17-20,23H2,1-3H3/t33-,34-,35+,36-,37?,38+/m1/s1. The first-order chi connectivity index (χ1) is 26.2. The summed E-state index contributed by atoms with van der Waals surface area (Å²) in [6.45, 7) is 6.27. The molecule has 16 heteroatoms. The van der Waals surface area contributed by atoms with Gasteiger partial charge in [-0.15, -0.1) is 0 Å². The van der Waals surface area contributed by atoms with Gasteiger partial charge >= 0.3 is 0 Å². The number of hydrogen-bond donors (Lipinski definition) is 0. The molecule has 6 atom stereocenters. The maximum atomic E-state index is 11.3. The Kier molecular flexibility index (Phi) is 11.6. The van der Waals surface area contributed by atoms with Crippen LogP contribution in [0, 0.1) is 34.1 Å². The number of nitro benzene ring substituents is 2. The van der Waals surface area contributed by atoms with Crippen molar-refractivity contribution in [2.75, 3.05) is 26.9 Å². The third-order valence-electron chi connectivity index (χ3n) is 10.0. The highest BCUT2D eigenvalue weighted by Crippen LogP contribution is 2.37. The molecule has 0 bridgehead atoms. The van der Waals surface area contributed by atoms with Gasteiger partial charge in [0.25, 0.3) is 11.4 Å². The molecule has 0 amide bonds. The normalized spacial score (nSPS) is 22.8. The fraction of sp³-hybridized carbons (Fsp3) is 0.474. The summed E-state index contributed by atoms with van der Waals surface area (Å²) in [5, 5.41) is 22.5. The molecule has 286 valence electrons. The Hall–Kier alpha value is -4.84. The number of ether oxygens (including phenoxy) is 6. The van der Waals surface area contributed by atoms with Gasteiger partial charge in [-0.25, -0.2) is 9.97 Å².